The van der Waals surface area contributed by atoms with E-state index in [0.29, 0.717) is 23.2 Å². The molecule has 0 aliphatic heterocycles. The first kappa shape index (κ1) is 21.2. The zero-order chi connectivity index (χ0) is 20.8. The molecule has 0 saturated carbocycles. The van der Waals surface area contributed by atoms with Gasteiger partial charge in [-0.3, -0.25) is 9.59 Å². The number of hydrogen-bond donors (Lipinski definition) is 3. The van der Waals surface area contributed by atoms with Crippen LogP contribution in [0.15, 0.2) is 42.5 Å². The lowest BCUT2D eigenvalue weighted by Gasteiger charge is -2.20. The van der Waals surface area contributed by atoms with Crippen LogP contribution in [-0.4, -0.2) is 22.9 Å². The van der Waals surface area contributed by atoms with Crippen LogP contribution in [0, 0.1) is 19.8 Å². The van der Waals surface area contributed by atoms with E-state index in [-0.39, 0.29) is 17.4 Å². The molecule has 0 saturated heterocycles. The van der Waals surface area contributed by atoms with E-state index in [1.165, 1.54) is 6.07 Å². The van der Waals surface area contributed by atoms with Crippen LogP contribution in [0.5, 0.6) is 0 Å². The SMILES string of the molecule is Cc1cc(C)c(C(=O)O)cc1NC(=O)C(NC(=O)CC(C)C)c1ccccc1. The van der Waals surface area contributed by atoms with Gasteiger partial charge in [0.1, 0.15) is 6.04 Å². The maximum absolute atomic E-state index is 13.0. The first-order chi connectivity index (χ1) is 13.2. The molecule has 0 spiro atoms. The molecule has 0 radical (unpaired) electrons. The van der Waals surface area contributed by atoms with Crippen molar-refractivity contribution in [2.24, 2.45) is 5.92 Å². The van der Waals surface area contributed by atoms with Crippen molar-refractivity contribution in [3.63, 3.8) is 0 Å². The van der Waals surface area contributed by atoms with Gasteiger partial charge in [-0.2, -0.15) is 0 Å². The second-order valence-corrected chi connectivity index (χ2v) is 7.29. The number of carboxylic acid groups (broad SMARTS) is 1. The van der Waals surface area contributed by atoms with E-state index in [9.17, 15) is 19.5 Å². The first-order valence-electron chi connectivity index (χ1n) is 9.18. The lowest BCUT2D eigenvalue weighted by molar-refractivity contribution is -0.127. The fraction of sp³-hybridized carbons (Fsp3) is 0.318. The monoisotopic (exact) mass is 382 g/mol. The number of hydrogen-bond acceptors (Lipinski definition) is 3. The Kier molecular flexibility index (Phi) is 6.93. The fourth-order valence-electron chi connectivity index (χ4n) is 2.96. The summed E-state index contributed by atoms with van der Waals surface area (Å²) in [4.78, 5) is 36.7. The van der Waals surface area contributed by atoms with Crippen molar-refractivity contribution >= 4 is 23.5 Å². The van der Waals surface area contributed by atoms with Gasteiger partial charge in [0.25, 0.3) is 5.91 Å². The number of amides is 2. The minimum atomic E-state index is -1.06. The van der Waals surface area contributed by atoms with Crippen molar-refractivity contribution in [2.75, 3.05) is 5.32 Å². The third-order valence-corrected chi connectivity index (χ3v) is 4.35. The molecule has 0 bridgehead atoms. The molecule has 6 nitrogen and oxygen atoms in total. The molecule has 2 rings (SSSR count). The van der Waals surface area contributed by atoms with Crippen LogP contribution >= 0.6 is 0 Å². The van der Waals surface area contributed by atoms with Crippen molar-refractivity contribution in [1.82, 2.24) is 5.32 Å². The summed E-state index contributed by atoms with van der Waals surface area (Å²) in [7, 11) is 0. The van der Waals surface area contributed by atoms with Gasteiger partial charge in [-0.15, -0.1) is 0 Å². The second-order valence-electron chi connectivity index (χ2n) is 7.29. The zero-order valence-electron chi connectivity index (χ0n) is 16.6. The maximum atomic E-state index is 13.0. The van der Waals surface area contributed by atoms with Gasteiger partial charge in [-0.05, 0) is 42.5 Å². The number of carboxylic acids is 1. The third-order valence-electron chi connectivity index (χ3n) is 4.35. The van der Waals surface area contributed by atoms with Crippen LogP contribution in [0.4, 0.5) is 5.69 Å². The van der Waals surface area contributed by atoms with Crippen LogP contribution in [0.3, 0.4) is 0 Å². The van der Waals surface area contributed by atoms with Crippen LogP contribution in [0.25, 0.3) is 0 Å². The average molecular weight is 382 g/mol. The van der Waals surface area contributed by atoms with Gasteiger partial charge in [0, 0.05) is 12.1 Å². The molecule has 1 atom stereocenters. The zero-order valence-corrected chi connectivity index (χ0v) is 16.6. The minimum absolute atomic E-state index is 0.126. The third kappa shape index (κ3) is 5.42. The number of carbonyl (C=O) groups is 3. The van der Waals surface area contributed by atoms with Crippen LogP contribution < -0.4 is 10.6 Å². The van der Waals surface area contributed by atoms with E-state index in [0.717, 1.165) is 5.56 Å². The summed E-state index contributed by atoms with van der Waals surface area (Å²) in [5, 5.41) is 14.9. The topological polar surface area (TPSA) is 95.5 Å². The number of nitrogens with one attached hydrogen (secondary N) is 2. The van der Waals surface area contributed by atoms with Gasteiger partial charge in [0.15, 0.2) is 0 Å². The summed E-state index contributed by atoms with van der Waals surface area (Å²) in [5.74, 6) is -1.53. The molecule has 0 fully saturated rings. The average Bonchev–Trinajstić information content (AvgIpc) is 2.61. The summed E-state index contributed by atoms with van der Waals surface area (Å²) in [6, 6.07) is 11.2. The van der Waals surface area contributed by atoms with E-state index in [2.05, 4.69) is 10.6 Å². The van der Waals surface area contributed by atoms with Crippen molar-refractivity contribution < 1.29 is 19.5 Å². The summed E-state index contributed by atoms with van der Waals surface area (Å²) < 4.78 is 0. The molecule has 1 unspecified atom stereocenters. The van der Waals surface area contributed by atoms with Gasteiger partial charge >= 0.3 is 5.97 Å². The smallest absolute Gasteiger partial charge is 0.336 e. The van der Waals surface area contributed by atoms with Crippen LogP contribution in [0.2, 0.25) is 0 Å². The first-order valence-corrected chi connectivity index (χ1v) is 9.18. The van der Waals surface area contributed by atoms with Gasteiger partial charge in [0.2, 0.25) is 5.91 Å². The Bertz CT molecular complexity index is 876. The molecule has 0 heterocycles. The number of aromatic carboxylic acids is 1. The van der Waals surface area contributed by atoms with E-state index < -0.39 is 17.9 Å². The predicted molar refractivity (Wildman–Crippen MR) is 108 cm³/mol. The molecule has 0 aliphatic carbocycles. The van der Waals surface area contributed by atoms with Crippen LogP contribution in [-0.2, 0) is 9.59 Å². The van der Waals surface area contributed by atoms with Crippen molar-refractivity contribution in [1.29, 1.82) is 0 Å². The Morgan fingerprint density at radius 3 is 2.21 bits per heavy atom. The van der Waals surface area contributed by atoms with Crippen molar-refractivity contribution in [2.45, 2.75) is 40.2 Å². The van der Waals surface area contributed by atoms with Gasteiger partial charge in [-0.1, -0.05) is 50.2 Å². The molecule has 3 N–H and O–H groups in total. The maximum Gasteiger partial charge on any atom is 0.336 e. The molecule has 2 aromatic carbocycles. The molecular formula is C22H26N2O4. The molecular weight excluding hydrogens is 356 g/mol. The fourth-order valence-corrected chi connectivity index (χ4v) is 2.96. The minimum Gasteiger partial charge on any atom is -0.478 e. The molecule has 0 aromatic heterocycles. The molecule has 148 valence electrons. The molecule has 2 amide bonds. The lowest BCUT2D eigenvalue weighted by atomic mass is 10.0. The number of anilines is 1. The molecule has 2 aromatic rings. The number of rotatable bonds is 7. The summed E-state index contributed by atoms with van der Waals surface area (Å²) >= 11 is 0. The highest BCUT2D eigenvalue weighted by atomic mass is 16.4. The Balaban J connectivity index is 2.31. The quantitative estimate of drug-likeness (QED) is 0.678. The summed E-state index contributed by atoms with van der Waals surface area (Å²) in [6.07, 6.45) is 0.309. The number of aryl methyl sites for hydroxylation is 2. The second kappa shape index (κ2) is 9.17. The van der Waals surface area contributed by atoms with Gasteiger partial charge in [0.05, 0.1) is 5.56 Å². The Morgan fingerprint density at radius 1 is 1.00 bits per heavy atom. The van der Waals surface area contributed by atoms with Crippen LogP contribution in [0.1, 0.15) is 53.4 Å². The summed E-state index contributed by atoms with van der Waals surface area (Å²) in [6.45, 7) is 7.37. The van der Waals surface area contributed by atoms with E-state index >= 15 is 0 Å². The Morgan fingerprint density at radius 2 is 1.64 bits per heavy atom. The number of benzene rings is 2. The lowest BCUT2D eigenvalue weighted by Crippen LogP contribution is -2.37. The van der Waals surface area contributed by atoms with Gasteiger partial charge < -0.3 is 15.7 Å². The van der Waals surface area contributed by atoms with E-state index in [1.54, 1.807) is 44.2 Å². The normalized spacial score (nSPS) is 11.8. The standard InChI is InChI=1S/C22H26N2O4/c1-13(2)10-19(25)24-20(16-8-6-5-7-9-16)21(26)23-18-12-17(22(27)28)14(3)11-15(18)4/h5-9,11-13,20H,10H2,1-4H3,(H,23,26)(H,24,25)(H,27,28). The van der Waals surface area contributed by atoms with Gasteiger partial charge in [-0.25, -0.2) is 4.79 Å². The van der Waals surface area contributed by atoms with E-state index in [4.69, 9.17) is 0 Å². The Labute approximate surface area is 165 Å². The molecule has 0 aliphatic rings. The highest BCUT2D eigenvalue weighted by Gasteiger charge is 2.24. The van der Waals surface area contributed by atoms with Crippen molar-refractivity contribution in [3.05, 3.63) is 64.7 Å². The molecule has 6 heteroatoms. The Hall–Kier alpha value is -3.15. The van der Waals surface area contributed by atoms with Crippen molar-refractivity contribution in [3.8, 4) is 0 Å². The largest absolute Gasteiger partial charge is 0.478 e. The highest BCUT2D eigenvalue weighted by Crippen LogP contribution is 2.23. The predicted octanol–water partition coefficient (Wildman–Crippen LogP) is 3.84. The number of carbonyl (C=O) groups excluding carboxylic acids is 2. The molecule has 28 heavy (non-hydrogen) atoms. The highest BCUT2D eigenvalue weighted by molar-refractivity contribution is 6.00. The van der Waals surface area contributed by atoms with E-state index in [1.807, 2.05) is 19.9 Å². The summed E-state index contributed by atoms with van der Waals surface area (Å²) in [5.41, 5.74) is 2.55.